The lowest BCUT2D eigenvalue weighted by Crippen LogP contribution is -1.97. The van der Waals surface area contributed by atoms with E-state index in [1.807, 2.05) is 6.92 Å². The van der Waals surface area contributed by atoms with Crippen molar-refractivity contribution < 1.29 is 15.0 Å². The molecule has 2 N–H and O–H groups in total. The fourth-order valence-electron chi connectivity index (χ4n) is 1.48. The van der Waals surface area contributed by atoms with Crippen LogP contribution in [-0.2, 0) is 4.79 Å². The van der Waals surface area contributed by atoms with Crippen molar-refractivity contribution >= 4 is 5.97 Å². The van der Waals surface area contributed by atoms with Gasteiger partial charge in [0.1, 0.15) is 0 Å². The van der Waals surface area contributed by atoms with E-state index >= 15 is 0 Å². The Bertz CT molecular complexity index is 197. The molecule has 0 aliphatic rings. The highest BCUT2D eigenvalue weighted by atomic mass is 16.4. The minimum Gasteiger partial charge on any atom is -0.481 e. The summed E-state index contributed by atoms with van der Waals surface area (Å²) >= 11 is 0. The van der Waals surface area contributed by atoms with Gasteiger partial charge in [0.15, 0.2) is 0 Å². The van der Waals surface area contributed by atoms with Gasteiger partial charge in [-0.2, -0.15) is 0 Å². The second-order valence-corrected chi connectivity index (χ2v) is 4.24. The van der Waals surface area contributed by atoms with Gasteiger partial charge in [-0.25, -0.2) is 0 Å². The Morgan fingerprint density at radius 3 is 2.19 bits per heavy atom. The first kappa shape index (κ1) is 15.2. The monoisotopic (exact) mass is 228 g/mol. The first-order valence-corrected chi connectivity index (χ1v) is 6.17. The van der Waals surface area contributed by atoms with Crippen molar-refractivity contribution in [3.05, 3.63) is 12.2 Å². The number of carboxylic acid groups (broad SMARTS) is 1. The molecule has 0 fully saturated rings. The van der Waals surface area contributed by atoms with Crippen LogP contribution in [-0.4, -0.2) is 22.3 Å². The van der Waals surface area contributed by atoms with Gasteiger partial charge in [-0.1, -0.05) is 18.6 Å². The fourth-order valence-corrected chi connectivity index (χ4v) is 1.48. The van der Waals surface area contributed by atoms with Crippen LogP contribution in [0.5, 0.6) is 0 Å². The summed E-state index contributed by atoms with van der Waals surface area (Å²) < 4.78 is 0. The maximum absolute atomic E-state index is 10.2. The van der Waals surface area contributed by atoms with Crippen molar-refractivity contribution in [3.8, 4) is 0 Å². The molecule has 0 amide bonds. The summed E-state index contributed by atoms with van der Waals surface area (Å²) in [7, 11) is 0. The summed E-state index contributed by atoms with van der Waals surface area (Å²) in [6.07, 6.45) is 11.2. The van der Waals surface area contributed by atoms with Gasteiger partial charge < -0.3 is 10.2 Å². The highest BCUT2D eigenvalue weighted by molar-refractivity contribution is 5.66. The average Bonchev–Trinajstić information content (AvgIpc) is 2.20. The van der Waals surface area contributed by atoms with Gasteiger partial charge in [0.25, 0.3) is 0 Å². The molecule has 0 aliphatic heterocycles. The molecule has 3 nitrogen and oxygen atoms in total. The third kappa shape index (κ3) is 13.2. The molecule has 94 valence electrons. The number of aliphatic hydroxyl groups excluding tert-OH is 1. The van der Waals surface area contributed by atoms with Gasteiger partial charge in [-0.15, -0.1) is 0 Å². The van der Waals surface area contributed by atoms with Crippen LogP contribution in [0.15, 0.2) is 12.2 Å². The molecule has 0 saturated carbocycles. The zero-order valence-corrected chi connectivity index (χ0v) is 10.2. The van der Waals surface area contributed by atoms with Gasteiger partial charge in [0.05, 0.1) is 6.10 Å². The standard InChI is InChI=1S/C13H24O3/c1-12(14)10-8-6-4-2-3-5-7-9-11-13(15)16/h2-3,12,14H,4-11H2,1H3,(H,15,16)/b3-2-. The normalized spacial score (nSPS) is 13.1. The maximum atomic E-state index is 10.2. The molecule has 0 spiro atoms. The van der Waals surface area contributed by atoms with E-state index in [1.165, 1.54) is 0 Å². The van der Waals surface area contributed by atoms with Gasteiger partial charge in [-0.05, 0) is 45.4 Å². The zero-order chi connectivity index (χ0) is 12.2. The lowest BCUT2D eigenvalue weighted by atomic mass is 10.1. The largest absolute Gasteiger partial charge is 0.481 e. The highest BCUT2D eigenvalue weighted by Crippen LogP contribution is 2.05. The first-order valence-electron chi connectivity index (χ1n) is 6.17. The van der Waals surface area contributed by atoms with Crippen molar-refractivity contribution in [1.29, 1.82) is 0 Å². The smallest absolute Gasteiger partial charge is 0.303 e. The molecule has 1 unspecified atom stereocenters. The van der Waals surface area contributed by atoms with E-state index in [0.717, 1.165) is 44.9 Å². The molecule has 0 aromatic heterocycles. The third-order valence-corrected chi connectivity index (χ3v) is 2.42. The Morgan fingerprint density at radius 2 is 1.69 bits per heavy atom. The number of carboxylic acids is 1. The van der Waals surface area contributed by atoms with Crippen LogP contribution in [0.2, 0.25) is 0 Å². The van der Waals surface area contributed by atoms with Crippen LogP contribution in [0.1, 0.15) is 58.3 Å². The van der Waals surface area contributed by atoms with Crippen molar-refractivity contribution in [2.24, 2.45) is 0 Å². The van der Waals surface area contributed by atoms with E-state index in [-0.39, 0.29) is 12.5 Å². The summed E-state index contributed by atoms with van der Waals surface area (Å²) in [5, 5.41) is 17.5. The number of hydrogen-bond acceptors (Lipinski definition) is 2. The number of rotatable bonds is 10. The number of carbonyl (C=O) groups is 1. The van der Waals surface area contributed by atoms with Crippen LogP contribution in [0.25, 0.3) is 0 Å². The SMILES string of the molecule is CC(O)CCCC/C=C\CCCCC(=O)O. The first-order chi connectivity index (χ1) is 7.63. The molecule has 0 radical (unpaired) electrons. The van der Waals surface area contributed by atoms with Crippen molar-refractivity contribution in [1.82, 2.24) is 0 Å². The van der Waals surface area contributed by atoms with E-state index in [0.29, 0.717) is 0 Å². The molecule has 0 saturated heterocycles. The Kier molecular flexibility index (Phi) is 10.1. The maximum Gasteiger partial charge on any atom is 0.303 e. The van der Waals surface area contributed by atoms with Gasteiger partial charge in [0, 0.05) is 6.42 Å². The Morgan fingerprint density at radius 1 is 1.12 bits per heavy atom. The molecule has 0 aliphatic carbocycles. The van der Waals surface area contributed by atoms with Crippen LogP contribution in [0, 0.1) is 0 Å². The van der Waals surface area contributed by atoms with E-state index in [9.17, 15) is 4.79 Å². The third-order valence-electron chi connectivity index (χ3n) is 2.42. The summed E-state index contributed by atoms with van der Waals surface area (Å²) in [5.74, 6) is -0.706. The van der Waals surface area contributed by atoms with Crippen LogP contribution >= 0.6 is 0 Å². The Hall–Kier alpha value is -0.830. The fraction of sp³-hybridized carbons (Fsp3) is 0.769. The lowest BCUT2D eigenvalue weighted by Gasteiger charge is -2.01. The summed E-state index contributed by atoms with van der Waals surface area (Å²) in [5.41, 5.74) is 0. The second kappa shape index (κ2) is 10.7. The average molecular weight is 228 g/mol. The number of hydrogen-bond donors (Lipinski definition) is 2. The van der Waals surface area contributed by atoms with Crippen molar-refractivity contribution in [2.75, 3.05) is 0 Å². The summed E-state index contributed by atoms with van der Waals surface area (Å²) in [6.45, 7) is 1.82. The minimum atomic E-state index is -0.706. The predicted molar refractivity (Wildman–Crippen MR) is 65.4 cm³/mol. The predicted octanol–water partition coefficient (Wildman–Crippen LogP) is 3.13. The number of aliphatic carboxylic acids is 1. The zero-order valence-electron chi connectivity index (χ0n) is 10.2. The molecule has 1 atom stereocenters. The molecular formula is C13H24O3. The molecule has 0 bridgehead atoms. The molecule has 0 aromatic rings. The molecular weight excluding hydrogens is 204 g/mol. The molecule has 0 rings (SSSR count). The lowest BCUT2D eigenvalue weighted by molar-refractivity contribution is -0.137. The second-order valence-electron chi connectivity index (χ2n) is 4.24. The van der Waals surface area contributed by atoms with Crippen molar-refractivity contribution in [3.63, 3.8) is 0 Å². The number of allylic oxidation sites excluding steroid dienone is 2. The Balaban J connectivity index is 3.13. The van der Waals surface area contributed by atoms with E-state index in [2.05, 4.69) is 12.2 Å². The van der Waals surface area contributed by atoms with Gasteiger partial charge in [-0.3, -0.25) is 4.79 Å². The highest BCUT2D eigenvalue weighted by Gasteiger charge is 1.95. The van der Waals surface area contributed by atoms with Crippen LogP contribution < -0.4 is 0 Å². The number of unbranched alkanes of at least 4 members (excludes halogenated alkanes) is 4. The molecule has 0 aromatic carbocycles. The van der Waals surface area contributed by atoms with Crippen LogP contribution in [0.4, 0.5) is 0 Å². The summed E-state index contributed by atoms with van der Waals surface area (Å²) in [6, 6.07) is 0. The molecule has 3 heteroatoms. The Labute approximate surface area is 98.2 Å². The number of aliphatic hydroxyl groups is 1. The topological polar surface area (TPSA) is 57.5 Å². The van der Waals surface area contributed by atoms with E-state index in [1.54, 1.807) is 0 Å². The molecule has 0 heterocycles. The summed E-state index contributed by atoms with van der Waals surface area (Å²) in [4.78, 5) is 10.2. The van der Waals surface area contributed by atoms with Gasteiger partial charge in [0.2, 0.25) is 0 Å². The quantitative estimate of drug-likeness (QED) is 0.446. The minimum absolute atomic E-state index is 0.181. The molecule has 16 heavy (non-hydrogen) atoms. The van der Waals surface area contributed by atoms with Gasteiger partial charge >= 0.3 is 5.97 Å². The van der Waals surface area contributed by atoms with E-state index < -0.39 is 5.97 Å². The van der Waals surface area contributed by atoms with E-state index in [4.69, 9.17) is 10.2 Å². The van der Waals surface area contributed by atoms with Crippen LogP contribution in [0.3, 0.4) is 0 Å². The van der Waals surface area contributed by atoms with Crippen molar-refractivity contribution in [2.45, 2.75) is 64.4 Å².